The third kappa shape index (κ3) is 8.58. The van der Waals surface area contributed by atoms with Crippen molar-refractivity contribution in [3.8, 4) is 0 Å². The first-order valence-corrected chi connectivity index (χ1v) is 5.25. The predicted octanol–water partition coefficient (Wildman–Crippen LogP) is 4.37. The molecule has 0 bridgehead atoms. The van der Waals surface area contributed by atoms with Gasteiger partial charge in [-0.15, -0.1) is 0 Å². The largest absolute Gasteiger partial charge is 2.00 e. The minimum absolute atomic E-state index is 0. The molecule has 0 saturated carbocycles. The molecule has 0 heterocycles. The van der Waals surface area contributed by atoms with E-state index in [-0.39, 0.29) is 16.8 Å². The number of aryl methyl sites for hydroxylation is 1. The van der Waals surface area contributed by atoms with Crippen LogP contribution in [0.15, 0.2) is 29.8 Å². The molecule has 87 valence electrons. The fourth-order valence-electron chi connectivity index (χ4n) is 1.14. The Kier molecular flexibility index (Phi) is 10.1. The summed E-state index contributed by atoms with van der Waals surface area (Å²) in [6.07, 6.45) is 0. The van der Waals surface area contributed by atoms with Gasteiger partial charge < -0.3 is 6.58 Å². The predicted molar refractivity (Wildman–Crippen MR) is 64.3 cm³/mol. The molecule has 0 amide bonds. The van der Waals surface area contributed by atoms with Crippen LogP contribution in [0.25, 0.3) is 0 Å². The first-order valence-electron chi connectivity index (χ1n) is 5.25. The average Bonchev–Trinajstić information content (AvgIpc) is 2.55. The third-order valence-corrected chi connectivity index (χ3v) is 2.16. The van der Waals surface area contributed by atoms with Crippen LogP contribution in [0.2, 0.25) is 0 Å². The first kappa shape index (κ1) is 17.0. The van der Waals surface area contributed by atoms with E-state index in [1.165, 1.54) is 5.56 Å². The van der Waals surface area contributed by atoms with Crippen molar-refractivity contribution in [3.63, 3.8) is 0 Å². The number of hydrogen-bond donors (Lipinski definition) is 0. The standard InChI is InChI=1S/C8H15.C6H7.Co/c1-6(2)8(5)7(3)4;1-6-4-2-3-5-6;/h5-7H,1-4H3;2-5H,1H3;/q2*-1;+2. The van der Waals surface area contributed by atoms with Crippen molar-refractivity contribution in [1.82, 2.24) is 0 Å². The Morgan fingerprint density at radius 1 is 1.00 bits per heavy atom. The van der Waals surface area contributed by atoms with Gasteiger partial charge in [0, 0.05) is 0 Å². The summed E-state index contributed by atoms with van der Waals surface area (Å²) in [5.41, 5.74) is 2.44. The van der Waals surface area contributed by atoms with Gasteiger partial charge in [0.25, 0.3) is 0 Å². The molecule has 0 aliphatic rings. The molecule has 0 spiro atoms. The van der Waals surface area contributed by atoms with Gasteiger partial charge in [-0.05, 0) is 0 Å². The Morgan fingerprint density at radius 2 is 1.33 bits per heavy atom. The van der Waals surface area contributed by atoms with Gasteiger partial charge in [-0.25, -0.2) is 12.1 Å². The van der Waals surface area contributed by atoms with E-state index < -0.39 is 0 Å². The molecule has 0 aliphatic heterocycles. The maximum Gasteiger partial charge on any atom is 2.00 e. The monoisotopic (exact) mass is 249 g/mol. The van der Waals surface area contributed by atoms with E-state index in [4.69, 9.17) is 6.58 Å². The van der Waals surface area contributed by atoms with Crippen LogP contribution in [-0.4, -0.2) is 0 Å². The quantitative estimate of drug-likeness (QED) is 0.683. The van der Waals surface area contributed by atoms with Gasteiger partial charge >= 0.3 is 16.8 Å². The molecule has 0 aromatic heterocycles. The van der Waals surface area contributed by atoms with Gasteiger partial charge in [0.15, 0.2) is 0 Å². The van der Waals surface area contributed by atoms with Crippen molar-refractivity contribution in [2.24, 2.45) is 11.8 Å². The van der Waals surface area contributed by atoms with Gasteiger partial charge in [0.1, 0.15) is 0 Å². The van der Waals surface area contributed by atoms with E-state index in [9.17, 15) is 0 Å². The van der Waals surface area contributed by atoms with E-state index >= 15 is 0 Å². The van der Waals surface area contributed by atoms with Crippen molar-refractivity contribution in [1.29, 1.82) is 0 Å². The Hall–Kier alpha value is -0.404. The maximum absolute atomic E-state index is 5.68. The Bertz CT molecular complexity index is 232. The van der Waals surface area contributed by atoms with Gasteiger partial charge in [0.05, 0.1) is 0 Å². The molecule has 1 aromatic carbocycles. The minimum atomic E-state index is 0. The van der Waals surface area contributed by atoms with E-state index in [1.807, 2.05) is 12.1 Å². The van der Waals surface area contributed by atoms with Gasteiger partial charge in [-0.2, -0.15) is 17.7 Å². The maximum atomic E-state index is 5.68. The van der Waals surface area contributed by atoms with Crippen LogP contribution in [0, 0.1) is 25.3 Å². The Morgan fingerprint density at radius 3 is 1.40 bits per heavy atom. The van der Waals surface area contributed by atoms with Crippen molar-refractivity contribution in [2.75, 3.05) is 0 Å². The number of allylic oxidation sites excluding steroid dienone is 1. The Labute approximate surface area is 105 Å². The summed E-state index contributed by atoms with van der Waals surface area (Å²) >= 11 is 0. The Balaban J connectivity index is 0. The smallest absolute Gasteiger partial charge is 0.514 e. The van der Waals surface area contributed by atoms with Crippen molar-refractivity contribution in [3.05, 3.63) is 42.0 Å². The topological polar surface area (TPSA) is 0 Å². The SMILES string of the molecule is C[c-]1cccc1.[CH-]=C(C(C)C)C(C)C.[Co+2]. The molecule has 0 aliphatic carbocycles. The second-order valence-electron chi connectivity index (χ2n) is 4.27. The second-order valence-corrected chi connectivity index (χ2v) is 4.27. The van der Waals surface area contributed by atoms with Gasteiger partial charge in [0.2, 0.25) is 0 Å². The molecule has 0 N–H and O–H groups in total. The molecular formula is C14H22Co. The van der Waals surface area contributed by atoms with E-state index in [0.717, 1.165) is 5.57 Å². The normalized spacial score (nSPS) is 9.27. The summed E-state index contributed by atoms with van der Waals surface area (Å²) in [6.45, 7) is 16.2. The molecule has 1 rings (SSSR count). The van der Waals surface area contributed by atoms with Crippen molar-refractivity contribution < 1.29 is 16.8 Å². The molecule has 1 heteroatoms. The molecule has 0 atom stereocenters. The summed E-state index contributed by atoms with van der Waals surface area (Å²) in [6, 6.07) is 8.24. The van der Waals surface area contributed by atoms with Crippen LogP contribution < -0.4 is 0 Å². The molecule has 1 radical (unpaired) electrons. The van der Waals surface area contributed by atoms with Crippen LogP contribution in [-0.2, 0) is 16.8 Å². The molecule has 1 aromatic rings. The summed E-state index contributed by atoms with van der Waals surface area (Å²) in [4.78, 5) is 0. The zero-order valence-electron chi connectivity index (χ0n) is 10.4. The van der Waals surface area contributed by atoms with Crippen molar-refractivity contribution in [2.45, 2.75) is 34.6 Å². The summed E-state index contributed by atoms with van der Waals surface area (Å²) in [5, 5.41) is 0. The molecule has 0 saturated heterocycles. The average molecular weight is 249 g/mol. The van der Waals surface area contributed by atoms with Gasteiger partial charge in [-0.3, -0.25) is 5.57 Å². The molecule has 0 nitrogen and oxygen atoms in total. The zero-order valence-corrected chi connectivity index (χ0v) is 11.4. The number of rotatable bonds is 2. The number of hydrogen-bond acceptors (Lipinski definition) is 0. The van der Waals surface area contributed by atoms with Crippen LogP contribution in [0.4, 0.5) is 0 Å². The molecule has 0 unspecified atom stereocenters. The fraction of sp³-hybridized carbons (Fsp3) is 0.500. The van der Waals surface area contributed by atoms with Crippen LogP contribution in [0.3, 0.4) is 0 Å². The van der Waals surface area contributed by atoms with Crippen molar-refractivity contribution >= 4 is 0 Å². The van der Waals surface area contributed by atoms with Crippen LogP contribution in [0.1, 0.15) is 33.3 Å². The summed E-state index contributed by atoms with van der Waals surface area (Å²) < 4.78 is 0. The fourth-order valence-corrected chi connectivity index (χ4v) is 1.14. The minimum Gasteiger partial charge on any atom is -0.514 e. The molecular weight excluding hydrogens is 227 g/mol. The van der Waals surface area contributed by atoms with E-state index in [0.29, 0.717) is 11.8 Å². The van der Waals surface area contributed by atoms with Crippen LogP contribution >= 0.6 is 0 Å². The molecule has 15 heavy (non-hydrogen) atoms. The van der Waals surface area contributed by atoms with Crippen LogP contribution in [0.5, 0.6) is 0 Å². The first-order chi connectivity index (χ1) is 6.45. The molecule has 0 fully saturated rings. The summed E-state index contributed by atoms with van der Waals surface area (Å²) in [5.74, 6) is 1.07. The van der Waals surface area contributed by atoms with Gasteiger partial charge in [-0.1, -0.05) is 46.5 Å². The zero-order chi connectivity index (χ0) is 11.1. The second kappa shape index (κ2) is 8.87. The van der Waals surface area contributed by atoms with E-state index in [1.54, 1.807) is 0 Å². The summed E-state index contributed by atoms with van der Waals surface area (Å²) in [7, 11) is 0. The third-order valence-electron chi connectivity index (χ3n) is 2.16. The van der Waals surface area contributed by atoms with E-state index in [2.05, 4.69) is 46.8 Å².